The van der Waals surface area contributed by atoms with Crippen LogP contribution < -0.4 is 10.6 Å². The van der Waals surface area contributed by atoms with E-state index in [1.54, 1.807) is 37.4 Å². The molecule has 112 valence electrons. The first-order valence-electron chi connectivity index (χ1n) is 6.19. The molecule has 0 spiro atoms. The lowest BCUT2D eigenvalue weighted by molar-refractivity contribution is -0.139. The highest BCUT2D eigenvalue weighted by molar-refractivity contribution is 5.83. The van der Waals surface area contributed by atoms with Gasteiger partial charge in [-0.1, -0.05) is 0 Å². The second-order valence-electron chi connectivity index (χ2n) is 4.57. The van der Waals surface area contributed by atoms with Gasteiger partial charge in [0.05, 0.1) is 12.4 Å². The summed E-state index contributed by atoms with van der Waals surface area (Å²) in [7, 11) is 3.44. The Balaban J connectivity index is 1.94. The van der Waals surface area contributed by atoms with Crippen LogP contribution in [0, 0.1) is 0 Å². The highest BCUT2D eigenvalue weighted by Crippen LogP contribution is 2.11. The van der Waals surface area contributed by atoms with Crippen LogP contribution in [0.15, 0.2) is 24.8 Å². The van der Waals surface area contributed by atoms with Gasteiger partial charge in [-0.25, -0.2) is 9.59 Å². The van der Waals surface area contributed by atoms with Gasteiger partial charge in [-0.2, -0.15) is 10.2 Å². The molecule has 0 aliphatic heterocycles. The molecule has 0 bridgehead atoms. The molecule has 1 unspecified atom stereocenters. The van der Waals surface area contributed by atoms with E-state index in [-0.39, 0.29) is 6.54 Å². The average Bonchev–Trinajstić information content (AvgIpc) is 3.02. The van der Waals surface area contributed by atoms with Crippen LogP contribution in [-0.2, 0) is 25.4 Å². The largest absolute Gasteiger partial charge is 0.479 e. The lowest BCUT2D eigenvalue weighted by Crippen LogP contribution is -2.40. The van der Waals surface area contributed by atoms with E-state index in [0.717, 1.165) is 5.56 Å². The van der Waals surface area contributed by atoms with E-state index in [9.17, 15) is 14.7 Å². The predicted octanol–water partition coefficient (Wildman–Crippen LogP) is -0.221. The summed E-state index contributed by atoms with van der Waals surface area (Å²) < 4.78 is 3.09. The molecule has 0 aliphatic carbocycles. The lowest BCUT2D eigenvalue weighted by Gasteiger charge is -2.13. The molecule has 21 heavy (non-hydrogen) atoms. The number of carboxylic acid groups (broad SMARTS) is 1. The highest BCUT2D eigenvalue weighted by atomic mass is 16.4. The third kappa shape index (κ3) is 3.81. The minimum absolute atomic E-state index is 0.263. The molecule has 2 aromatic rings. The highest BCUT2D eigenvalue weighted by Gasteiger charge is 2.23. The van der Waals surface area contributed by atoms with Gasteiger partial charge in [-0.15, -0.1) is 0 Å². The van der Waals surface area contributed by atoms with Crippen molar-refractivity contribution in [2.24, 2.45) is 14.1 Å². The molecule has 9 nitrogen and oxygen atoms in total. The van der Waals surface area contributed by atoms with E-state index in [2.05, 4.69) is 20.8 Å². The first-order chi connectivity index (χ1) is 9.95. The van der Waals surface area contributed by atoms with Gasteiger partial charge in [0.2, 0.25) is 0 Å². The minimum Gasteiger partial charge on any atom is -0.479 e. The molecular formula is C12H16N6O3. The van der Waals surface area contributed by atoms with Crippen molar-refractivity contribution in [1.82, 2.24) is 30.2 Å². The molecule has 0 aromatic carbocycles. The summed E-state index contributed by atoms with van der Waals surface area (Å²) in [5.74, 6) is -1.15. The van der Waals surface area contributed by atoms with Crippen molar-refractivity contribution in [3.8, 4) is 0 Å². The molecule has 0 radical (unpaired) electrons. The Labute approximate surface area is 120 Å². The van der Waals surface area contributed by atoms with Crippen molar-refractivity contribution in [2.75, 3.05) is 0 Å². The second-order valence-corrected chi connectivity index (χ2v) is 4.57. The zero-order valence-electron chi connectivity index (χ0n) is 11.6. The molecule has 2 aromatic heterocycles. The summed E-state index contributed by atoms with van der Waals surface area (Å²) in [5.41, 5.74) is 1.22. The van der Waals surface area contributed by atoms with Gasteiger partial charge >= 0.3 is 12.0 Å². The fraction of sp³-hybridized carbons (Fsp3) is 0.333. The summed E-state index contributed by atoms with van der Waals surface area (Å²) in [6, 6.07) is -1.72. The van der Waals surface area contributed by atoms with Crippen LogP contribution in [0.25, 0.3) is 0 Å². The molecule has 2 rings (SSSR count). The van der Waals surface area contributed by atoms with Crippen LogP contribution in [0.5, 0.6) is 0 Å². The zero-order valence-corrected chi connectivity index (χ0v) is 11.6. The average molecular weight is 292 g/mol. The molecule has 0 saturated heterocycles. The minimum atomic E-state index is -1.15. The van der Waals surface area contributed by atoms with E-state index in [1.807, 2.05) is 0 Å². The lowest BCUT2D eigenvalue weighted by atomic mass is 10.1. The Bertz CT molecular complexity index is 647. The number of urea groups is 1. The Morgan fingerprint density at radius 2 is 1.90 bits per heavy atom. The molecular weight excluding hydrogens is 276 g/mol. The van der Waals surface area contributed by atoms with Gasteiger partial charge in [-0.05, 0) is 0 Å². The fourth-order valence-corrected chi connectivity index (χ4v) is 1.80. The number of carboxylic acids is 1. The monoisotopic (exact) mass is 292 g/mol. The maximum absolute atomic E-state index is 11.8. The van der Waals surface area contributed by atoms with Crippen molar-refractivity contribution in [2.45, 2.75) is 12.6 Å². The number of nitrogens with one attached hydrogen (secondary N) is 2. The predicted molar refractivity (Wildman–Crippen MR) is 72.2 cm³/mol. The normalized spacial score (nSPS) is 11.9. The molecule has 9 heteroatoms. The SMILES string of the molecule is Cn1cc(CNC(=O)NC(C(=O)O)c2cnn(C)c2)cn1. The first-order valence-corrected chi connectivity index (χ1v) is 6.19. The molecule has 0 saturated carbocycles. The second kappa shape index (κ2) is 6.07. The number of rotatable bonds is 5. The van der Waals surface area contributed by atoms with Crippen LogP contribution in [-0.4, -0.2) is 36.7 Å². The van der Waals surface area contributed by atoms with Crippen LogP contribution in [0.3, 0.4) is 0 Å². The van der Waals surface area contributed by atoms with Gasteiger partial charge in [0, 0.05) is 44.2 Å². The van der Waals surface area contributed by atoms with E-state index in [0.29, 0.717) is 5.56 Å². The molecule has 2 heterocycles. The summed E-state index contributed by atoms with van der Waals surface area (Å²) in [6.45, 7) is 0.263. The van der Waals surface area contributed by atoms with Crippen LogP contribution >= 0.6 is 0 Å². The summed E-state index contributed by atoms with van der Waals surface area (Å²) in [4.78, 5) is 23.0. The number of aryl methyl sites for hydroxylation is 2. The number of hydrogen-bond acceptors (Lipinski definition) is 4. The molecule has 2 amide bonds. The summed E-state index contributed by atoms with van der Waals surface area (Å²) in [6.07, 6.45) is 6.33. The quantitative estimate of drug-likeness (QED) is 0.705. The number of nitrogens with zero attached hydrogens (tertiary/aromatic N) is 4. The number of amides is 2. The maximum Gasteiger partial charge on any atom is 0.331 e. The number of carbonyl (C=O) groups is 2. The maximum atomic E-state index is 11.8. The Kier molecular flexibility index (Phi) is 4.21. The molecule has 0 fully saturated rings. The van der Waals surface area contributed by atoms with Crippen molar-refractivity contribution in [1.29, 1.82) is 0 Å². The molecule has 0 aliphatic rings. The van der Waals surface area contributed by atoms with Crippen LogP contribution in [0.1, 0.15) is 17.2 Å². The summed E-state index contributed by atoms with van der Waals surface area (Å²) >= 11 is 0. The smallest absolute Gasteiger partial charge is 0.331 e. The van der Waals surface area contributed by atoms with Crippen molar-refractivity contribution in [3.05, 3.63) is 35.9 Å². The standard InChI is InChI=1S/C12H16N6O3/c1-17-6-8(4-14-17)3-13-12(21)16-10(11(19)20)9-5-15-18(2)7-9/h4-7,10H,3H2,1-2H3,(H,19,20)(H2,13,16,21). The van der Waals surface area contributed by atoms with E-state index in [1.165, 1.54) is 10.9 Å². The first kappa shape index (κ1) is 14.6. The van der Waals surface area contributed by atoms with Crippen molar-refractivity contribution >= 4 is 12.0 Å². The number of aromatic nitrogens is 4. The number of carbonyl (C=O) groups excluding carboxylic acids is 1. The Morgan fingerprint density at radius 3 is 2.43 bits per heavy atom. The number of hydrogen-bond donors (Lipinski definition) is 3. The van der Waals surface area contributed by atoms with E-state index >= 15 is 0 Å². The van der Waals surface area contributed by atoms with Crippen LogP contribution in [0.2, 0.25) is 0 Å². The van der Waals surface area contributed by atoms with Gasteiger partial charge in [0.1, 0.15) is 0 Å². The van der Waals surface area contributed by atoms with E-state index < -0.39 is 18.0 Å². The Morgan fingerprint density at radius 1 is 1.24 bits per heavy atom. The number of aliphatic carboxylic acids is 1. The Hall–Kier alpha value is -2.84. The molecule has 1 atom stereocenters. The third-order valence-electron chi connectivity index (χ3n) is 2.79. The topological polar surface area (TPSA) is 114 Å². The third-order valence-corrected chi connectivity index (χ3v) is 2.79. The summed E-state index contributed by atoms with van der Waals surface area (Å²) in [5, 5.41) is 22.0. The zero-order chi connectivity index (χ0) is 15.4. The van der Waals surface area contributed by atoms with Crippen LogP contribution in [0.4, 0.5) is 4.79 Å². The van der Waals surface area contributed by atoms with Crippen molar-refractivity contribution < 1.29 is 14.7 Å². The van der Waals surface area contributed by atoms with Gasteiger partial charge in [-0.3, -0.25) is 9.36 Å². The molecule has 3 N–H and O–H groups in total. The van der Waals surface area contributed by atoms with E-state index in [4.69, 9.17) is 0 Å². The van der Waals surface area contributed by atoms with Crippen molar-refractivity contribution in [3.63, 3.8) is 0 Å². The van der Waals surface area contributed by atoms with Gasteiger partial charge in [0.25, 0.3) is 0 Å². The fourth-order valence-electron chi connectivity index (χ4n) is 1.80. The van der Waals surface area contributed by atoms with Gasteiger partial charge < -0.3 is 15.7 Å². The van der Waals surface area contributed by atoms with Gasteiger partial charge in [0.15, 0.2) is 6.04 Å².